The Bertz CT molecular complexity index is 1900. The number of carbonyl (C=O) groups excluding carboxylic acids is 2. The van der Waals surface area contributed by atoms with E-state index in [1.165, 1.54) is 0 Å². The van der Waals surface area contributed by atoms with Gasteiger partial charge in [0.1, 0.15) is 36.0 Å². The number of aryl methyl sites for hydroxylation is 1. The Morgan fingerprint density at radius 2 is 1.59 bits per heavy atom. The molecule has 0 aliphatic carbocycles. The van der Waals surface area contributed by atoms with Gasteiger partial charge in [0.15, 0.2) is 5.78 Å². The van der Waals surface area contributed by atoms with E-state index in [1.54, 1.807) is 38.1 Å². The Morgan fingerprint density at radius 1 is 0.939 bits per heavy atom. The molecule has 0 unspecified atom stereocenters. The van der Waals surface area contributed by atoms with E-state index in [1.807, 2.05) is 60.0 Å². The number of carbonyl (C=O) groups is 2. The maximum atomic E-state index is 13.8. The van der Waals surface area contributed by atoms with Crippen LogP contribution in [0.2, 0.25) is 0 Å². The molecule has 3 aromatic carbocycles. The van der Waals surface area contributed by atoms with Gasteiger partial charge in [-0.2, -0.15) is 5.21 Å². The smallest absolute Gasteiger partial charge is 0.306 e. The monoisotopic (exact) mass is 667 g/mol. The number of tetrazole rings is 1. The zero-order valence-electron chi connectivity index (χ0n) is 27.5. The Balaban J connectivity index is 1.31. The summed E-state index contributed by atoms with van der Waals surface area (Å²) < 4.78 is 7.23. The molecule has 2 N–H and O–H groups in total. The van der Waals surface area contributed by atoms with Crippen molar-refractivity contribution in [2.45, 2.75) is 71.8 Å². The van der Waals surface area contributed by atoms with Crippen molar-refractivity contribution in [1.82, 2.24) is 30.2 Å². The Labute approximate surface area is 282 Å². The van der Waals surface area contributed by atoms with Crippen LogP contribution in [0, 0.1) is 10.1 Å². The third kappa shape index (κ3) is 8.78. The van der Waals surface area contributed by atoms with E-state index in [9.17, 15) is 24.8 Å². The maximum Gasteiger partial charge on any atom is 0.306 e. The highest BCUT2D eigenvalue weighted by Gasteiger charge is 2.31. The first-order valence-electron chi connectivity index (χ1n) is 15.8. The van der Waals surface area contributed by atoms with E-state index >= 15 is 0 Å². The van der Waals surface area contributed by atoms with E-state index in [0.29, 0.717) is 35.7 Å². The SMILES string of the molecule is CCCc1nc(C(C)(C)O)c(C(=O)CCC(=O)OCc2ccc(CO[N+](=O)[O-])cc2)n1Cc1ccc(-c2ccccc2-c2nn[nH]n2)cc1. The van der Waals surface area contributed by atoms with Crippen LogP contribution in [0.25, 0.3) is 22.5 Å². The van der Waals surface area contributed by atoms with E-state index in [-0.39, 0.29) is 43.2 Å². The molecule has 0 radical (unpaired) electrons. The quantitative estimate of drug-likeness (QED) is 0.0595. The fraction of sp³-hybridized carbons (Fsp3) is 0.314. The second kappa shape index (κ2) is 15.4. The number of imidazole rings is 1. The molecule has 5 rings (SSSR count). The summed E-state index contributed by atoms with van der Waals surface area (Å²) in [6.45, 7) is 5.33. The number of H-pyrrole nitrogens is 1. The summed E-state index contributed by atoms with van der Waals surface area (Å²) in [5, 5.41) is 35.0. The Hall–Kier alpha value is -5.76. The van der Waals surface area contributed by atoms with Crippen molar-refractivity contribution in [3.8, 4) is 22.5 Å². The van der Waals surface area contributed by atoms with Crippen molar-refractivity contribution in [2.24, 2.45) is 0 Å². The van der Waals surface area contributed by atoms with Crippen molar-refractivity contribution in [2.75, 3.05) is 0 Å². The van der Waals surface area contributed by atoms with Crippen LogP contribution in [0.15, 0.2) is 72.8 Å². The number of aromatic amines is 1. The zero-order valence-corrected chi connectivity index (χ0v) is 27.5. The van der Waals surface area contributed by atoms with Crippen molar-refractivity contribution in [3.05, 3.63) is 117 Å². The number of Topliss-reactive ketones (excluding diaryl/α,β-unsaturated/α-hetero) is 1. The molecule has 0 saturated heterocycles. The minimum atomic E-state index is -1.40. The molecule has 0 spiro atoms. The van der Waals surface area contributed by atoms with Gasteiger partial charge in [-0.25, -0.2) is 4.98 Å². The van der Waals surface area contributed by atoms with Crippen LogP contribution < -0.4 is 0 Å². The van der Waals surface area contributed by atoms with Crippen molar-refractivity contribution >= 4 is 11.8 Å². The summed E-state index contributed by atoms with van der Waals surface area (Å²) in [5.74, 6) is 0.273. The van der Waals surface area contributed by atoms with Gasteiger partial charge in [0.05, 0.1) is 6.42 Å². The summed E-state index contributed by atoms with van der Waals surface area (Å²) >= 11 is 0. The van der Waals surface area contributed by atoms with Gasteiger partial charge >= 0.3 is 5.97 Å². The zero-order chi connectivity index (χ0) is 35.0. The minimum Gasteiger partial charge on any atom is -0.461 e. The average molecular weight is 668 g/mol. The first-order valence-corrected chi connectivity index (χ1v) is 15.8. The number of aliphatic hydroxyl groups is 1. The molecule has 2 aromatic heterocycles. The standard InChI is InChI=1S/C35H37N7O7/c1-4-7-30-36-33(35(2,3)45)32(29(43)18-19-31(44)48-21-24-10-12-25(13-11-24)22-49-42(46)47)41(30)20-23-14-16-26(17-15-23)27-8-5-6-9-28(27)34-37-39-40-38-34/h5-6,8-17,45H,4,7,18-22H2,1-3H3,(H,37,38,39,40). The molecule has 0 aliphatic heterocycles. The molecule has 2 heterocycles. The minimum absolute atomic E-state index is 0.0214. The molecule has 0 aliphatic rings. The van der Waals surface area contributed by atoms with Gasteiger partial charge in [0, 0.05) is 24.9 Å². The lowest BCUT2D eigenvalue weighted by Gasteiger charge is -2.18. The largest absolute Gasteiger partial charge is 0.461 e. The molecular weight excluding hydrogens is 630 g/mol. The average Bonchev–Trinajstić information content (AvgIpc) is 3.75. The van der Waals surface area contributed by atoms with Gasteiger partial charge in [-0.05, 0) is 53.3 Å². The molecule has 0 fully saturated rings. The van der Waals surface area contributed by atoms with Crippen LogP contribution in [0.5, 0.6) is 0 Å². The maximum absolute atomic E-state index is 13.8. The van der Waals surface area contributed by atoms with Gasteiger partial charge in [-0.3, -0.25) is 9.59 Å². The fourth-order valence-corrected chi connectivity index (χ4v) is 5.40. The van der Waals surface area contributed by atoms with Gasteiger partial charge in [0.2, 0.25) is 5.82 Å². The normalized spacial score (nSPS) is 11.3. The number of hydrogen-bond donors (Lipinski definition) is 2. The summed E-state index contributed by atoms with van der Waals surface area (Å²) in [7, 11) is 0. The first-order chi connectivity index (χ1) is 23.5. The van der Waals surface area contributed by atoms with E-state index < -0.39 is 16.7 Å². The van der Waals surface area contributed by atoms with E-state index in [4.69, 9.17) is 9.72 Å². The number of aromatic nitrogens is 6. The Morgan fingerprint density at radius 3 is 2.20 bits per heavy atom. The number of nitrogens with one attached hydrogen (secondary N) is 1. The van der Waals surface area contributed by atoms with Crippen LogP contribution in [0.3, 0.4) is 0 Å². The fourth-order valence-electron chi connectivity index (χ4n) is 5.40. The lowest BCUT2D eigenvalue weighted by molar-refractivity contribution is -0.763. The number of rotatable bonds is 16. The van der Waals surface area contributed by atoms with Gasteiger partial charge in [0.25, 0.3) is 5.09 Å². The molecule has 14 nitrogen and oxygen atoms in total. The number of ether oxygens (including phenoxy) is 1. The molecule has 0 atom stereocenters. The molecule has 14 heteroatoms. The molecular formula is C35H37N7O7. The molecule has 49 heavy (non-hydrogen) atoms. The number of nitrogens with zero attached hydrogens (tertiary/aromatic N) is 6. The van der Waals surface area contributed by atoms with Crippen LogP contribution in [0.1, 0.15) is 78.7 Å². The highest BCUT2D eigenvalue weighted by Crippen LogP contribution is 2.31. The number of hydrogen-bond acceptors (Lipinski definition) is 11. The van der Waals surface area contributed by atoms with E-state index in [0.717, 1.165) is 28.7 Å². The van der Waals surface area contributed by atoms with Crippen molar-refractivity contribution in [1.29, 1.82) is 0 Å². The number of benzene rings is 3. The van der Waals surface area contributed by atoms with Crippen molar-refractivity contribution < 1.29 is 29.4 Å². The number of ketones is 1. The molecule has 0 saturated carbocycles. The van der Waals surface area contributed by atoms with Crippen LogP contribution in [0.4, 0.5) is 0 Å². The van der Waals surface area contributed by atoms with E-state index in [2.05, 4.69) is 25.5 Å². The molecule has 0 bridgehead atoms. The molecule has 5 aromatic rings. The summed E-state index contributed by atoms with van der Waals surface area (Å²) in [6.07, 6.45) is 1.06. The van der Waals surface area contributed by atoms with Crippen molar-refractivity contribution in [3.63, 3.8) is 0 Å². The predicted octanol–water partition coefficient (Wildman–Crippen LogP) is 5.37. The summed E-state index contributed by atoms with van der Waals surface area (Å²) in [4.78, 5) is 45.9. The van der Waals surface area contributed by atoms with Gasteiger partial charge in [-0.15, -0.1) is 20.3 Å². The molecule has 254 valence electrons. The third-order valence-electron chi connectivity index (χ3n) is 7.80. The van der Waals surface area contributed by atoms with Crippen LogP contribution in [-0.4, -0.2) is 52.1 Å². The van der Waals surface area contributed by atoms with Crippen LogP contribution in [-0.2, 0) is 46.1 Å². The summed E-state index contributed by atoms with van der Waals surface area (Å²) in [5.41, 5.74) is 4.06. The van der Waals surface area contributed by atoms with Gasteiger partial charge < -0.3 is 19.2 Å². The lowest BCUT2D eigenvalue weighted by atomic mass is 9.98. The highest BCUT2D eigenvalue weighted by molar-refractivity contribution is 5.97. The predicted molar refractivity (Wildman–Crippen MR) is 177 cm³/mol. The first kappa shape index (κ1) is 34.6. The van der Waals surface area contributed by atoms with Crippen LogP contribution >= 0.6 is 0 Å². The molecule has 0 amide bonds. The third-order valence-corrected chi connectivity index (χ3v) is 7.80. The number of esters is 1. The Kier molecular flexibility index (Phi) is 10.9. The topological polar surface area (TPSA) is 188 Å². The van der Waals surface area contributed by atoms with Gasteiger partial charge in [-0.1, -0.05) is 79.7 Å². The lowest BCUT2D eigenvalue weighted by Crippen LogP contribution is -2.23. The highest BCUT2D eigenvalue weighted by atomic mass is 16.9. The second-order valence-electron chi connectivity index (χ2n) is 12.0. The second-order valence-corrected chi connectivity index (χ2v) is 12.0. The summed E-state index contributed by atoms with van der Waals surface area (Å²) in [6, 6.07) is 22.4.